The lowest BCUT2D eigenvalue weighted by molar-refractivity contribution is -0.118. The van der Waals surface area contributed by atoms with Gasteiger partial charge in [0.15, 0.2) is 6.61 Å². The van der Waals surface area contributed by atoms with Gasteiger partial charge in [0, 0.05) is 17.2 Å². The topological polar surface area (TPSA) is 47.6 Å². The van der Waals surface area contributed by atoms with E-state index in [4.69, 9.17) is 9.47 Å². The first-order valence-electron chi connectivity index (χ1n) is 6.29. The van der Waals surface area contributed by atoms with Crippen LogP contribution in [-0.4, -0.2) is 12.5 Å². The number of amides is 1. The van der Waals surface area contributed by atoms with E-state index in [1.54, 1.807) is 6.07 Å². The van der Waals surface area contributed by atoms with Crippen LogP contribution in [0, 0.1) is 0 Å². The van der Waals surface area contributed by atoms with Gasteiger partial charge in [0.05, 0.1) is 5.69 Å². The molecule has 4 nitrogen and oxygen atoms in total. The fraction of sp³-hybridized carbons (Fsp3) is 0.0625. The Bertz CT molecular complexity index is 764. The summed E-state index contributed by atoms with van der Waals surface area (Å²) in [5, 5.41) is 2.81. The van der Waals surface area contributed by atoms with Crippen molar-refractivity contribution in [1.82, 2.24) is 0 Å². The van der Waals surface area contributed by atoms with Gasteiger partial charge in [-0.05, 0) is 11.6 Å². The number of nitrogens with one attached hydrogen (secondary N) is 1. The summed E-state index contributed by atoms with van der Waals surface area (Å²) in [4.78, 5) is 11.4. The number of carbonyl (C=O) groups excluding carboxylic acids is 1. The fourth-order valence-electron chi connectivity index (χ4n) is 2.55. The van der Waals surface area contributed by atoms with Gasteiger partial charge in [-0.3, -0.25) is 4.79 Å². The molecule has 20 heavy (non-hydrogen) atoms. The van der Waals surface area contributed by atoms with E-state index >= 15 is 0 Å². The third kappa shape index (κ3) is 1.51. The lowest BCUT2D eigenvalue weighted by atomic mass is 9.95. The van der Waals surface area contributed by atoms with Crippen molar-refractivity contribution >= 4 is 17.4 Å². The maximum absolute atomic E-state index is 11.4. The minimum atomic E-state index is -0.146. The van der Waals surface area contributed by atoms with Gasteiger partial charge in [0.1, 0.15) is 17.3 Å². The molecular weight excluding hydrogens is 254 g/mol. The normalized spacial score (nSPS) is 15.2. The SMILES string of the molecule is C=C1Oc2cc3c(cc2-c2ccccc21)NC(=O)CO3. The molecule has 0 bridgehead atoms. The first kappa shape index (κ1) is 11.1. The van der Waals surface area contributed by atoms with Crippen LogP contribution in [0.3, 0.4) is 0 Å². The minimum absolute atomic E-state index is 0.0311. The Morgan fingerprint density at radius 2 is 1.85 bits per heavy atom. The summed E-state index contributed by atoms with van der Waals surface area (Å²) >= 11 is 0. The molecule has 0 aromatic heterocycles. The summed E-state index contributed by atoms with van der Waals surface area (Å²) in [6, 6.07) is 11.6. The number of rotatable bonds is 0. The average Bonchev–Trinajstić information content (AvgIpc) is 2.46. The smallest absolute Gasteiger partial charge is 0.262 e. The summed E-state index contributed by atoms with van der Waals surface area (Å²) < 4.78 is 11.2. The molecule has 2 aliphatic rings. The standard InChI is InChI=1S/C16H11NO3/c1-9-10-4-2-3-5-11(10)12-6-13-15(7-14(12)20-9)19-8-16(18)17-13/h2-7H,1,8H2,(H,17,18). The van der Waals surface area contributed by atoms with Crippen molar-refractivity contribution < 1.29 is 14.3 Å². The zero-order valence-electron chi connectivity index (χ0n) is 10.6. The predicted molar refractivity (Wildman–Crippen MR) is 75.7 cm³/mol. The van der Waals surface area contributed by atoms with Crippen molar-refractivity contribution in [3.05, 3.63) is 48.5 Å². The van der Waals surface area contributed by atoms with Crippen molar-refractivity contribution in [2.45, 2.75) is 0 Å². The maximum Gasteiger partial charge on any atom is 0.262 e. The van der Waals surface area contributed by atoms with Crippen molar-refractivity contribution in [3.63, 3.8) is 0 Å². The van der Waals surface area contributed by atoms with Crippen LogP contribution in [0.5, 0.6) is 11.5 Å². The molecule has 98 valence electrons. The molecule has 0 aliphatic carbocycles. The molecule has 2 aromatic rings. The molecule has 2 aromatic carbocycles. The van der Waals surface area contributed by atoms with Gasteiger partial charge in [0.2, 0.25) is 0 Å². The van der Waals surface area contributed by atoms with Crippen LogP contribution in [0.2, 0.25) is 0 Å². The lowest BCUT2D eigenvalue weighted by Gasteiger charge is -2.25. The third-order valence-electron chi connectivity index (χ3n) is 3.47. The van der Waals surface area contributed by atoms with Crippen molar-refractivity contribution in [1.29, 1.82) is 0 Å². The lowest BCUT2D eigenvalue weighted by Crippen LogP contribution is -2.25. The van der Waals surface area contributed by atoms with Crippen LogP contribution in [0.1, 0.15) is 5.56 Å². The van der Waals surface area contributed by atoms with E-state index < -0.39 is 0 Å². The van der Waals surface area contributed by atoms with Crippen LogP contribution in [0.15, 0.2) is 43.0 Å². The highest BCUT2D eigenvalue weighted by Crippen LogP contribution is 2.46. The molecule has 0 spiro atoms. The number of hydrogen-bond donors (Lipinski definition) is 1. The number of benzene rings is 2. The van der Waals surface area contributed by atoms with E-state index in [1.807, 2.05) is 30.3 Å². The summed E-state index contributed by atoms with van der Waals surface area (Å²) in [6.45, 7) is 3.98. The minimum Gasteiger partial charge on any atom is -0.481 e. The van der Waals surface area contributed by atoms with E-state index in [9.17, 15) is 4.79 Å². The van der Waals surface area contributed by atoms with Crippen molar-refractivity contribution in [2.24, 2.45) is 0 Å². The van der Waals surface area contributed by atoms with Crippen LogP contribution in [0.4, 0.5) is 5.69 Å². The molecular formula is C16H11NO3. The number of fused-ring (bicyclic) bond motifs is 4. The zero-order valence-corrected chi connectivity index (χ0v) is 10.6. The Kier molecular flexibility index (Phi) is 2.15. The zero-order chi connectivity index (χ0) is 13.7. The van der Waals surface area contributed by atoms with Crippen LogP contribution < -0.4 is 14.8 Å². The average molecular weight is 265 g/mol. The van der Waals surface area contributed by atoms with E-state index in [1.165, 1.54) is 0 Å². The molecule has 0 saturated heterocycles. The summed E-state index contributed by atoms with van der Waals surface area (Å²) in [6.07, 6.45) is 0. The monoisotopic (exact) mass is 265 g/mol. The molecule has 0 saturated carbocycles. The highest BCUT2D eigenvalue weighted by Gasteiger charge is 2.25. The summed E-state index contributed by atoms with van der Waals surface area (Å²) in [7, 11) is 0. The molecule has 0 unspecified atom stereocenters. The Morgan fingerprint density at radius 3 is 2.70 bits per heavy atom. The molecule has 4 rings (SSSR count). The molecule has 4 heteroatoms. The molecule has 2 heterocycles. The Hall–Kier alpha value is -2.75. The highest BCUT2D eigenvalue weighted by molar-refractivity contribution is 5.98. The van der Waals surface area contributed by atoms with E-state index in [2.05, 4.69) is 11.9 Å². The Morgan fingerprint density at radius 1 is 1.05 bits per heavy atom. The number of carbonyl (C=O) groups is 1. The van der Waals surface area contributed by atoms with E-state index in [-0.39, 0.29) is 12.5 Å². The predicted octanol–water partition coefficient (Wildman–Crippen LogP) is 3.05. The van der Waals surface area contributed by atoms with Gasteiger partial charge in [-0.25, -0.2) is 0 Å². The summed E-state index contributed by atoms with van der Waals surface area (Å²) in [5.41, 5.74) is 3.60. The van der Waals surface area contributed by atoms with Crippen LogP contribution >= 0.6 is 0 Å². The number of ether oxygens (including phenoxy) is 2. The highest BCUT2D eigenvalue weighted by atomic mass is 16.5. The molecule has 1 amide bonds. The van der Waals surface area contributed by atoms with Crippen LogP contribution in [-0.2, 0) is 4.79 Å². The van der Waals surface area contributed by atoms with Crippen molar-refractivity contribution in [2.75, 3.05) is 11.9 Å². The number of hydrogen-bond acceptors (Lipinski definition) is 3. The molecule has 1 N–H and O–H groups in total. The Balaban J connectivity index is 1.95. The van der Waals surface area contributed by atoms with Crippen molar-refractivity contribution in [3.8, 4) is 22.6 Å². The second kappa shape index (κ2) is 3.87. The van der Waals surface area contributed by atoms with E-state index in [0.29, 0.717) is 22.9 Å². The third-order valence-corrected chi connectivity index (χ3v) is 3.47. The van der Waals surface area contributed by atoms with Gasteiger partial charge >= 0.3 is 0 Å². The Labute approximate surface area is 115 Å². The van der Waals surface area contributed by atoms with Gasteiger partial charge < -0.3 is 14.8 Å². The van der Waals surface area contributed by atoms with Gasteiger partial charge in [-0.2, -0.15) is 0 Å². The summed E-state index contributed by atoms with van der Waals surface area (Å²) in [5.74, 6) is 1.79. The first-order valence-corrected chi connectivity index (χ1v) is 6.29. The van der Waals surface area contributed by atoms with Gasteiger partial charge in [0.25, 0.3) is 5.91 Å². The van der Waals surface area contributed by atoms with Gasteiger partial charge in [-0.1, -0.05) is 30.8 Å². The second-order valence-corrected chi connectivity index (χ2v) is 4.75. The molecule has 2 aliphatic heterocycles. The molecule has 0 radical (unpaired) electrons. The maximum atomic E-state index is 11.4. The van der Waals surface area contributed by atoms with Gasteiger partial charge in [-0.15, -0.1) is 0 Å². The molecule has 0 fully saturated rings. The molecule has 0 atom stereocenters. The number of anilines is 1. The second-order valence-electron chi connectivity index (χ2n) is 4.75. The largest absolute Gasteiger partial charge is 0.481 e. The van der Waals surface area contributed by atoms with E-state index in [0.717, 1.165) is 16.7 Å². The first-order chi connectivity index (χ1) is 9.72. The van der Waals surface area contributed by atoms with Crippen LogP contribution in [0.25, 0.3) is 16.9 Å². The quantitative estimate of drug-likeness (QED) is 0.796. The fourth-order valence-corrected chi connectivity index (χ4v) is 2.55.